The molecule has 32 heavy (non-hydrogen) atoms. The maximum Gasteiger partial charge on any atom is 0.119 e. The molecule has 0 unspecified atom stereocenters. The van der Waals surface area contributed by atoms with Crippen molar-refractivity contribution >= 4 is 0 Å². The first-order valence-corrected chi connectivity index (χ1v) is 11.3. The number of hydrogen-bond donors (Lipinski definition) is 1. The van der Waals surface area contributed by atoms with Crippen LogP contribution in [0.2, 0.25) is 0 Å². The zero-order valence-corrected chi connectivity index (χ0v) is 19.0. The van der Waals surface area contributed by atoms with Gasteiger partial charge >= 0.3 is 0 Å². The summed E-state index contributed by atoms with van der Waals surface area (Å²) in [4.78, 5) is 2.38. The second-order valence-electron chi connectivity index (χ2n) is 8.88. The molecule has 4 rings (SSSR count). The van der Waals surface area contributed by atoms with Gasteiger partial charge in [-0.2, -0.15) is 5.10 Å². The van der Waals surface area contributed by atoms with Crippen LogP contribution < -0.4 is 9.47 Å². The Morgan fingerprint density at radius 3 is 2.47 bits per heavy atom. The number of hydrogen-bond acceptors (Lipinski definition) is 5. The molecule has 6 heteroatoms. The van der Waals surface area contributed by atoms with E-state index in [0.29, 0.717) is 26.1 Å². The Morgan fingerprint density at radius 1 is 0.969 bits per heavy atom. The van der Waals surface area contributed by atoms with E-state index in [0.717, 1.165) is 43.2 Å². The highest BCUT2D eigenvalue weighted by molar-refractivity contribution is 5.29. The minimum Gasteiger partial charge on any atom is -0.492 e. The minimum absolute atomic E-state index is 0.336. The average molecular weight is 436 g/mol. The fourth-order valence-electron chi connectivity index (χ4n) is 3.96. The van der Waals surface area contributed by atoms with Crippen molar-refractivity contribution < 1.29 is 14.6 Å². The molecule has 0 aliphatic carbocycles. The molecule has 1 aromatic heterocycles. The average Bonchev–Trinajstić information content (AvgIpc) is 3.21. The molecule has 2 heterocycles. The van der Waals surface area contributed by atoms with Crippen LogP contribution in [0, 0.1) is 13.8 Å². The highest BCUT2D eigenvalue weighted by Gasteiger charge is 2.33. The molecule has 1 saturated heterocycles. The maximum absolute atomic E-state index is 10.9. The number of rotatable bonds is 9. The molecule has 1 aliphatic heterocycles. The number of nitrogens with zero attached hydrogens (tertiary/aromatic N) is 3. The van der Waals surface area contributed by atoms with E-state index in [1.807, 2.05) is 60.4 Å². The van der Waals surface area contributed by atoms with Crippen LogP contribution in [0.4, 0.5) is 0 Å². The minimum atomic E-state index is -0.767. The summed E-state index contributed by atoms with van der Waals surface area (Å²) < 4.78 is 13.7. The molecule has 0 amide bonds. The lowest BCUT2D eigenvalue weighted by Crippen LogP contribution is -2.47. The molecule has 1 aliphatic rings. The van der Waals surface area contributed by atoms with Crippen LogP contribution in [0.15, 0.2) is 60.9 Å². The molecule has 3 aromatic rings. The Bertz CT molecular complexity index is 992. The van der Waals surface area contributed by atoms with Gasteiger partial charge in [-0.25, -0.2) is 0 Å². The third-order valence-electron chi connectivity index (χ3n) is 5.97. The largest absolute Gasteiger partial charge is 0.492 e. The van der Waals surface area contributed by atoms with Crippen molar-refractivity contribution in [2.24, 2.45) is 0 Å². The molecular weight excluding hydrogens is 402 g/mol. The topological polar surface area (TPSA) is 59.8 Å². The normalized spacial score (nSPS) is 16.1. The number of aromatic nitrogens is 2. The van der Waals surface area contributed by atoms with Crippen LogP contribution in [0.25, 0.3) is 0 Å². The standard InChI is InChI=1S/C26H33N3O3/c1-21-6-8-24(9-7-21)32-20-26(30)10-12-28(13-11-26)19-23-4-3-5-25(16-23)31-15-14-29-18-22(2)17-27-29/h3-9,16-18,30H,10-15,19-20H2,1-2H3. The highest BCUT2D eigenvalue weighted by atomic mass is 16.5. The van der Waals surface area contributed by atoms with E-state index in [1.54, 1.807) is 0 Å². The Hall–Kier alpha value is -2.83. The smallest absolute Gasteiger partial charge is 0.119 e. The molecular formula is C26H33N3O3. The summed E-state index contributed by atoms with van der Waals surface area (Å²) in [5.74, 6) is 1.69. The number of benzene rings is 2. The number of aryl methyl sites for hydroxylation is 2. The van der Waals surface area contributed by atoms with E-state index in [9.17, 15) is 5.11 Å². The molecule has 1 N–H and O–H groups in total. The van der Waals surface area contributed by atoms with Crippen LogP contribution in [0.5, 0.6) is 11.5 Å². The third-order valence-corrected chi connectivity index (χ3v) is 5.97. The predicted molar refractivity (Wildman–Crippen MR) is 125 cm³/mol. The fraction of sp³-hybridized carbons (Fsp3) is 0.423. The SMILES string of the molecule is Cc1ccc(OCC2(O)CCN(Cc3cccc(OCCn4cc(C)cn4)c3)CC2)cc1. The quantitative estimate of drug-likeness (QED) is 0.551. The Balaban J connectivity index is 1.22. The molecule has 0 saturated carbocycles. The van der Waals surface area contributed by atoms with Crippen LogP contribution >= 0.6 is 0 Å². The molecule has 0 spiro atoms. The first kappa shape index (κ1) is 22.4. The van der Waals surface area contributed by atoms with Gasteiger partial charge in [-0.1, -0.05) is 29.8 Å². The van der Waals surface area contributed by atoms with Crippen molar-refractivity contribution in [2.45, 2.75) is 45.4 Å². The van der Waals surface area contributed by atoms with Gasteiger partial charge in [0, 0.05) is 25.8 Å². The maximum atomic E-state index is 10.9. The number of ether oxygens (including phenoxy) is 2. The number of likely N-dealkylation sites (tertiary alicyclic amines) is 1. The Kier molecular flexibility index (Phi) is 7.12. The Labute approximate surface area is 190 Å². The summed E-state index contributed by atoms with van der Waals surface area (Å²) in [5.41, 5.74) is 2.81. The zero-order chi connectivity index (χ0) is 22.4. The van der Waals surface area contributed by atoms with Crippen molar-refractivity contribution in [2.75, 3.05) is 26.3 Å². The first-order valence-electron chi connectivity index (χ1n) is 11.3. The van der Waals surface area contributed by atoms with Crippen LogP contribution in [0.3, 0.4) is 0 Å². The number of aliphatic hydroxyl groups is 1. The van der Waals surface area contributed by atoms with Gasteiger partial charge in [0.2, 0.25) is 0 Å². The van der Waals surface area contributed by atoms with Crippen molar-refractivity contribution in [3.8, 4) is 11.5 Å². The van der Waals surface area contributed by atoms with Gasteiger partial charge in [-0.3, -0.25) is 9.58 Å². The van der Waals surface area contributed by atoms with Gasteiger partial charge in [0.25, 0.3) is 0 Å². The van der Waals surface area contributed by atoms with Crippen LogP contribution in [-0.2, 0) is 13.1 Å². The molecule has 0 bridgehead atoms. The second-order valence-corrected chi connectivity index (χ2v) is 8.88. The molecule has 170 valence electrons. The van der Waals surface area contributed by atoms with Crippen molar-refractivity contribution in [1.82, 2.24) is 14.7 Å². The first-order chi connectivity index (χ1) is 15.5. The van der Waals surface area contributed by atoms with E-state index in [2.05, 4.69) is 29.1 Å². The highest BCUT2D eigenvalue weighted by Crippen LogP contribution is 2.25. The van der Waals surface area contributed by atoms with E-state index >= 15 is 0 Å². The Morgan fingerprint density at radius 2 is 1.75 bits per heavy atom. The van der Waals surface area contributed by atoms with E-state index < -0.39 is 5.60 Å². The molecule has 2 aromatic carbocycles. The summed E-state index contributed by atoms with van der Waals surface area (Å²) in [5, 5.41) is 15.2. The summed E-state index contributed by atoms with van der Waals surface area (Å²) in [6, 6.07) is 16.2. The second kappa shape index (κ2) is 10.2. The predicted octanol–water partition coefficient (Wildman–Crippen LogP) is 3.98. The van der Waals surface area contributed by atoms with E-state index in [1.165, 1.54) is 11.1 Å². The lowest BCUT2D eigenvalue weighted by atomic mass is 9.92. The molecule has 0 atom stereocenters. The van der Waals surface area contributed by atoms with Gasteiger partial charge in [0.1, 0.15) is 30.3 Å². The summed E-state index contributed by atoms with van der Waals surface area (Å²) in [6.45, 7) is 8.28. The summed E-state index contributed by atoms with van der Waals surface area (Å²) >= 11 is 0. The van der Waals surface area contributed by atoms with Gasteiger partial charge in [0.15, 0.2) is 0 Å². The molecule has 0 radical (unpaired) electrons. The van der Waals surface area contributed by atoms with Crippen molar-refractivity contribution in [3.63, 3.8) is 0 Å². The van der Waals surface area contributed by atoms with Crippen LogP contribution in [0.1, 0.15) is 29.5 Å². The van der Waals surface area contributed by atoms with Crippen molar-refractivity contribution in [1.29, 1.82) is 0 Å². The van der Waals surface area contributed by atoms with Crippen LogP contribution in [-0.4, -0.2) is 51.7 Å². The van der Waals surface area contributed by atoms with E-state index in [4.69, 9.17) is 9.47 Å². The van der Waals surface area contributed by atoms with Gasteiger partial charge in [-0.05, 0) is 62.1 Å². The monoisotopic (exact) mass is 435 g/mol. The lowest BCUT2D eigenvalue weighted by Gasteiger charge is -2.38. The third kappa shape index (κ3) is 6.34. The zero-order valence-electron chi connectivity index (χ0n) is 19.0. The van der Waals surface area contributed by atoms with Gasteiger partial charge in [0.05, 0.1) is 12.7 Å². The van der Waals surface area contributed by atoms with Crippen molar-refractivity contribution in [3.05, 3.63) is 77.6 Å². The van der Waals surface area contributed by atoms with E-state index in [-0.39, 0.29) is 0 Å². The lowest BCUT2D eigenvalue weighted by molar-refractivity contribution is -0.0537. The van der Waals surface area contributed by atoms with Gasteiger partial charge < -0.3 is 14.6 Å². The fourth-order valence-corrected chi connectivity index (χ4v) is 3.96. The number of piperidine rings is 1. The molecule has 1 fully saturated rings. The molecule has 6 nitrogen and oxygen atoms in total. The summed E-state index contributed by atoms with van der Waals surface area (Å²) in [7, 11) is 0. The van der Waals surface area contributed by atoms with Gasteiger partial charge in [-0.15, -0.1) is 0 Å². The summed E-state index contributed by atoms with van der Waals surface area (Å²) in [6.07, 6.45) is 5.29.